The SMILES string of the molecule is O=C1CCC(O)(c2cn(C(c3ccccc3)(c3ccccc3)c3ccccc3)cn2)CC1. The van der Waals surface area contributed by atoms with Gasteiger partial charge in [-0.3, -0.25) is 4.79 Å². The van der Waals surface area contributed by atoms with Gasteiger partial charge in [-0.05, 0) is 29.5 Å². The summed E-state index contributed by atoms with van der Waals surface area (Å²) in [6.45, 7) is 0. The fourth-order valence-electron chi connectivity index (χ4n) is 4.93. The molecule has 1 heterocycles. The third-order valence-electron chi connectivity index (χ3n) is 6.66. The van der Waals surface area contributed by atoms with E-state index in [1.807, 2.05) is 67.1 Å². The summed E-state index contributed by atoms with van der Waals surface area (Å²) in [7, 11) is 0. The summed E-state index contributed by atoms with van der Waals surface area (Å²) < 4.78 is 2.11. The largest absolute Gasteiger partial charge is 0.383 e. The Kier molecular flexibility index (Phi) is 5.24. The maximum absolute atomic E-state index is 11.8. The number of rotatable bonds is 5. The summed E-state index contributed by atoms with van der Waals surface area (Å²) in [4.78, 5) is 16.4. The van der Waals surface area contributed by atoms with Crippen LogP contribution in [0.25, 0.3) is 0 Å². The summed E-state index contributed by atoms with van der Waals surface area (Å²) in [5.41, 5.74) is 2.20. The van der Waals surface area contributed by atoms with E-state index in [0.717, 1.165) is 16.7 Å². The molecule has 3 aromatic carbocycles. The van der Waals surface area contributed by atoms with Gasteiger partial charge in [0.2, 0.25) is 0 Å². The van der Waals surface area contributed by atoms with Gasteiger partial charge in [0.1, 0.15) is 16.9 Å². The second-order valence-corrected chi connectivity index (χ2v) is 8.54. The lowest BCUT2D eigenvalue weighted by Crippen LogP contribution is -2.37. The number of hydrogen-bond acceptors (Lipinski definition) is 3. The number of nitrogens with zero attached hydrogens (tertiary/aromatic N) is 2. The summed E-state index contributed by atoms with van der Waals surface area (Å²) in [6, 6.07) is 31.2. The molecule has 160 valence electrons. The number of imidazole rings is 1. The van der Waals surface area contributed by atoms with Crippen LogP contribution in [0.1, 0.15) is 48.1 Å². The van der Waals surface area contributed by atoms with E-state index in [2.05, 4.69) is 45.9 Å². The van der Waals surface area contributed by atoms with Crippen molar-refractivity contribution in [3.8, 4) is 0 Å². The van der Waals surface area contributed by atoms with Gasteiger partial charge in [-0.2, -0.15) is 0 Å². The average Bonchev–Trinajstić information content (AvgIpc) is 3.35. The molecular formula is C28H26N2O2. The van der Waals surface area contributed by atoms with Crippen molar-refractivity contribution in [1.82, 2.24) is 9.55 Å². The highest BCUT2D eigenvalue weighted by molar-refractivity contribution is 5.79. The molecule has 0 unspecified atom stereocenters. The van der Waals surface area contributed by atoms with E-state index in [0.29, 0.717) is 31.4 Å². The molecule has 0 amide bonds. The minimum absolute atomic E-state index is 0.210. The maximum atomic E-state index is 11.8. The molecule has 0 atom stereocenters. The van der Waals surface area contributed by atoms with Crippen LogP contribution in [0.4, 0.5) is 0 Å². The smallest absolute Gasteiger partial charge is 0.133 e. The van der Waals surface area contributed by atoms with Crippen LogP contribution in [0.3, 0.4) is 0 Å². The van der Waals surface area contributed by atoms with Gasteiger partial charge in [-0.1, -0.05) is 91.0 Å². The third-order valence-corrected chi connectivity index (χ3v) is 6.66. The van der Waals surface area contributed by atoms with Crippen LogP contribution < -0.4 is 0 Å². The van der Waals surface area contributed by atoms with Crippen molar-refractivity contribution in [2.45, 2.75) is 36.8 Å². The Morgan fingerprint density at radius 3 is 1.62 bits per heavy atom. The number of Topliss-reactive ketones (excluding diaryl/α,β-unsaturated/α-hetero) is 1. The lowest BCUT2D eigenvalue weighted by atomic mass is 9.76. The molecule has 1 aromatic heterocycles. The average molecular weight is 423 g/mol. The molecule has 4 heteroatoms. The summed E-state index contributed by atoms with van der Waals surface area (Å²) in [5, 5.41) is 11.3. The van der Waals surface area contributed by atoms with Crippen molar-refractivity contribution >= 4 is 5.78 Å². The van der Waals surface area contributed by atoms with Crippen molar-refractivity contribution in [3.63, 3.8) is 0 Å². The van der Waals surface area contributed by atoms with Crippen LogP contribution in [-0.4, -0.2) is 20.4 Å². The van der Waals surface area contributed by atoms with Crippen molar-refractivity contribution in [3.05, 3.63) is 126 Å². The summed E-state index contributed by atoms with van der Waals surface area (Å²) >= 11 is 0. The molecule has 32 heavy (non-hydrogen) atoms. The van der Waals surface area contributed by atoms with Crippen LogP contribution in [0, 0.1) is 0 Å². The zero-order valence-electron chi connectivity index (χ0n) is 17.9. The molecule has 0 bridgehead atoms. The normalized spacial score (nSPS) is 16.1. The Labute approximate surface area is 188 Å². The number of ketones is 1. The predicted molar refractivity (Wildman–Crippen MR) is 124 cm³/mol. The molecule has 1 N–H and O–H groups in total. The van der Waals surface area contributed by atoms with Crippen molar-refractivity contribution in [2.75, 3.05) is 0 Å². The highest BCUT2D eigenvalue weighted by atomic mass is 16.3. The van der Waals surface area contributed by atoms with Gasteiger partial charge in [-0.15, -0.1) is 0 Å². The van der Waals surface area contributed by atoms with E-state index >= 15 is 0 Å². The lowest BCUT2D eigenvalue weighted by molar-refractivity contribution is -0.125. The predicted octanol–water partition coefficient (Wildman–Crippen LogP) is 5.05. The molecule has 0 aliphatic heterocycles. The van der Waals surface area contributed by atoms with Crippen molar-refractivity contribution in [2.24, 2.45) is 0 Å². The Morgan fingerprint density at radius 2 is 1.19 bits per heavy atom. The van der Waals surface area contributed by atoms with Gasteiger partial charge in [0.25, 0.3) is 0 Å². The third kappa shape index (κ3) is 3.37. The van der Waals surface area contributed by atoms with Crippen molar-refractivity contribution < 1.29 is 9.90 Å². The second-order valence-electron chi connectivity index (χ2n) is 8.54. The zero-order valence-corrected chi connectivity index (χ0v) is 17.9. The first-order chi connectivity index (χ1) is 15.6. The number of aromatic nitrogens is 2. The highest BCUT2D eigenvalue weighted by Crippen LogP contribution is 2.42. The summed E-state index contributed by atoms with van der Waals surface area (Å²) in [5.74, 6) is 0.210. The number of hydrogen-bond donors (Lipinski definition) is 1. The maximum Gasteiger partial charge on any atom is 0.133 e. The van der Waals surface area contributed by atoms with Crippen LogP contribution >= 0.6 is 0 Å². The monoisotopic (exact) mass is 422 g/mol. The molecule has 4 nitrogen and oxygen atoms in total. The molecule has 1 aliphatic rings. The summed E-state index contributed by atoms with van der Waals surface area (Å²) in [6.07, 6.45) is 5.39. The highest BCUT2D eigenvalue weighted by Gasteiger charge is 2.41. The van der Waals surface area contributed by atoms with Gasteiger partial charge in [0, 0.05) is 19.0 Å². The fraction of sp³-hybridized carbons (Fsp3) is 0.214. The van der Waals surface area contributed by atoms with Crippen LogP contribution in [0.5, 0.6) is 0 Å². The molecule has 0 saturated heterocycles. The van der Waals surface area contributed by atoms with Gasteiger partial charge >= 0.3 is 0 Å². The number of carbonyl (C=O) groups excluding carboxylic acids is 1. The standard InChI is InChI=1S/C28H26N2O2/c31-25-16-18-27(32,19-17-25)26-20-30(21-29-26)28(22-10-4-1-5-11-22,23-12-6-2-7-13-23)24-14-8-3-9-15-24/h1-15,20-21,32H,16-19H2. The first-order valence-electron chi connectivity index (χ1n) is 11.1. The van der Waals surface area contributed by atoms with E-state index in [4.69, 9.17) is 0 Å². The Balaban J connectivity index is 1.75. The minimum atomic E-state index is -1.07. The van der Waals surface area contributed by atoms with Crippen LogP contribution in [0.15, 0.2) is 104 Å². The van der Waals surface area contributed by atoms with Gasteiger partial charge in [-0.25, -0.2) is 4.98 Å². The number of carbonyl (C=O) groups is 1. The minimum Gasteiger partial charge on any atom is -0.383 e. The molecule has 5 rings (SSSR count). The van der Waals surface area contributed by atoms with E-state index < -0.39 is 11.1 Å². The first-order valence-corrected chi connectivity index (χ1v) is 11.1. The van der Waals surface area contributed by atoms with E-state index in [1.165, 1.54) is 0 Å². The van der Waals surface area contributed by atoms with E-state index in [-0.39, 0.29) is 5.78 Å². The topological polar surface area (TPSA) is 55.1 Å². The van der Waals surface area contributed by atoms with E-state index in [1.54, 1.807) is 0 Å². The molecule has 4 aromatic rings. The fourth-order valence-corrected chi connectivity index (χ4v) is 4.93. The Morgan fingerprint density at radius 1 is 0.750 bits per heavy atom. The van der Waals surface area contributed by atoms with Gasteiger partial charge < -0.3 is 9.67 Å². The zero-order chi connectivity index (χ0) is 22.0. The number of aliphatic hydroxyl groups is 1. The molecule has 1 fully saturated rings. The first kappa shape index (κ1) is 20.4. The molecular weight excluding hydrogens is 396 g/mol. The molecule has 0 spiro atoms. The number of benzene rings is 3. The van der Waals surface area contributed by atoms with Crippen LogP contribution in [-0.2, 0) is 15.9 Å². The molecule has 0 radical (unpaired) electrons. The van der Waals surface area contributed by atoms with Crippen LogP contribution in [0.2, 0.25) is 0 Å². The quantitative estimate of drug-likeness (QED) is 0.458. The molecule has 1 aliphatic carbocycles. The molecule has 1 saturated carbocycles. The van der Waals surface area contributed by atoms with Gasteiger partial charge in [0.15, 0.2) is 0 Å². The second kappa shape index (κ2) is 8.21. The van der Waals surface area contributed by atoms with Crippen molar-refractivity contribution in [1.29, 1.82) is 0 Å². The van der Waals surface area contributed by atoms with Gasteiger partial charge in [0.05, 0.1) is 12.0 Å². The Bertz CT molecular complexity index is 1090. The lowest BCUT2D eigenvalue weighted by Gasteiger charge is -2.37. The Hall–Kier alpha value is -3.50. The van der Waals surface area contributed by atoms with E-state index in [9.17, 15) is 9.90 Å².